The molecule has 0 saturated heterocycles. The molecule has 0 atom stereocenters. The van der Waals surface area contributed by atoms with Crippen LogP contribution in [-0.4, -0.2) is 23.9 Å². The SMILES string of the molecule is Cc1csc(CC(=O)N/N=C\c2cc3c(cc2Br)OCO3)n1. The zero-order valence-electron chi connectivity index (χ0n) is 11.6. The second kappa shape index (κ2) is 6.45. The first-order chi connectivity index (χ1) is 10.6. The van der Waals surface area contributed by atoms with Gasteiger partial charge in [-0.2, -0.15) is 5.10 Å². The first kappa shape index (κ1) is 15.0. The van der Waals surface area contributed by atoms with Crippen LogP contribution in [0, 0.1) is 6.92 Å². The van der Waals surface area contributed by atoms with Crippen molar-refractivity contribution in [3.63, 3.8) is 0 Å². The normalized spacial score (nSPS) is 12.8. The molecule has 22 heavy (non-hydrogen) atoms. The van der Waals surface area contributed by atoms with E-state index in [1.807, 2.05) is 18.4 Å². The number of nitrogens with one attached hydrogen (secondary N) is 1. The van der Waals surface area contributed by atoms with Crippen molar-refractivity contribution < 1.29 is 14.3 Å². The van der Waals surface area contributed by atoms with Gasteiger partial charge >= 0.3 is 0 Å². The number of carbonyl (C=O) groups is 1. The summed E-state index contributed by atoms with van der Waals surface area (Å²) in [5, 5.41) is 6.64. The Hall–Kier alpha value is -1.93. The highest BCUT2D eigenvalue weighted by Crippen LogP contribution is 2.36. The number of fused-ring (bicyclic) bond motifs is 1. The molecule has 0 spiro atoms. The molecule has 1 N–H and O–H groups in total. The van der Waals surface area contributed by atoms with E-state index in [9.17, 15) is 4.79 Å². The maximum absolute atomic E-state index is 11.8. The van der Waals surface area contributed by atoms with Gasteiger partial charge in [-0.15, -0.1) is 11.3 Å². The summed E-state index contributed by atoms with van der Waals surface area (Å²) in [5.74, 6) is 1.14. The van der Waals surface area contributed by atoms with Crippen molar-refractivity contribution in [2.45, 2.75) is 13.3 Å². The van der Waals surface area contributed by atoms with Crippen molar-refractivity contribution in [3.05, 3.63) is 38.3 Å². The van der Waals surface area contributed by atoms with Crippen LogP contribution >= 0.6 is 27.3 Å². The molecule has 1 aliphatic rings. The van der Waals surface area contributed by atoms with E-state index in [1.165, 1.54) is 11.3 Å². The largest absolute Gasteiger partial charge is 0.454 e. The third kappa shape index (κ3) is 3.45. The molecular weight excluding hydrogens is 370 g/mol. The van der Waals surface area contributed by atoms with E-state index in [0.29, 0.717) is 11.5 Å². The minimum absolute atomic E-state index is 0.206. The smallest absolute Gasteiger partial charge is 0.246 e. The molecule has 1 amide bonds. The van der Waals surface area contributed by atoms with E-state index in [2.05, 4.69) is 31.4 Å². The lowest BCUT2D eigenvalue weighted by molar-refractivity contribution is -0.120. The summed E-state index contributed by atoms with van der Waals surface area (Å²) in [5.41, 5.74) is 4.19. The van der Waals surface area contributed by atoms with Crippen LogP contribution in [0.3, 0.4) is 0 Å². The number of nitrogens with zero attached hydrogens (tertiary/aromatic N) is 2. The quantitative estimate of drug-likeness (QED) is 0.652. The minimum Gasteiger partial charge on any atom is -0.454 e. The van der Waals surface area contributed by atoms with Crippen molar-refractivity contribution >= 4 is 39.4 Å². The van der Waals surface area contributed by atoms with Crippen LogP contribution in [0.25, 0.3) is 0 Å². The molecule has 0 fully saturated rings. The summed E-state index contributed by atoms with van der Waals surface area (Å²) >= 11 is 4.89. The predicted octanol–water partition coefficient (Wildman–Crippen LogP) is 2.64. The molecule has 6 nitrogen and oxygen atoms in total. The number of amides is 1. The van der Waals surface area contributed by atoms with E-state index in [-0.39, 0.29) is 19.1 Å². The number of aromatic nitrogens is 1. The topological polar surface area (TPSA) is 72.8 Å². The van der Waals surface area contributed by atoms with E-state index in [0.717, 1.165) is 20.7 Å². The predicted molar refractivity (Wildman–Crippen MR) is 86.6 cm³/mol. The highest BCUT2D eigenvalue weighted by atomic mass is 79.9. The fraction of sp³-hybridized carbons (Fsp3) is 0.214. The van der Waals surface area contributed by atoms with Gasteiger partial charge in [0.1, 0.15) is 5.01 Å². The number of hydrazone groups is 1. The Balaban J connectivity index is 1.61. The first-order valence-electron chi connectivity index (χ1n) is 6.44. The summed E-state index contributed by atoms with van der Waals surface area (Å²) in [6, 6.07) is 3.61. The molecule has 3 rings (SSSR count). The Labute approximate surface area is 139 Å². The fourth-order valence-corrected chi connectivity index (χ4v) is 3.06. The van der Waals surface area contributed by atoms with Gasteiger partial charge in [0.2, 0.25) is 12.7 Å². The highest BCUT2D eigenvalue weighted by molar-refractivity contribution is 9.10. The molecule has 0 radical (unpaired) electrons. The monoisotopic (exact) mass is 381 g/mol. The van der Waals surface area contributed by atoms with Crippen molar-refractivity contribution in [1.82, 2.24) is 10.4 Å². The van der Waals surface area contributed by atoms with Crippen LogP contribution in [0.5, 0.6) is 11.5 Å². The van der Waals surface area contributed by atoms with Crippen LogP contribution in [0.2, 0.25) is 0 Å². The van der Waals surface area contributed by atoms with Crippen LogP contribution < -0.4 is 14.9 Å². The molecule has 2 heterocycles. The highest BCUT2D eigenvalue weighted by Gasteiger charge is 2.15. The van der Waals surface area contributed by atoms with Crippen molar-refractivity contribution in [2.24, 2.45) is 5.10 Å². The maximum atomic E-state index is 11.8. The molecule has 0 aliphatic carbocycles. The van der Waals surface area contributed by atoms with Crippen LogP contribution in [-0.2, 0) is 11.2 Å². The Bertz CT molecular complexity index is 745. The number of halogens is 1. The molecule has 2 aromatic rings. The molecule has 0 unspecified atom stereocenters. The van der Waals surface area contributed by atoms with Crippen molar-refractivity contribution in [2.75, 3.05) is 6.79 Å². The fourth-order valence-electron chi connectivity index (χ4n) is 1.87. The summed E-state index contributed by atoms with van der Waals surface area (Å²) in [6.45, 7) is 2.11. The average molecular weight is 382 g/mol. The third-order valence-electron chi connectivity index (χ3n) is 2.86. The molecule has 1 aromatic carbocycles. The molecule has 0 saturated carbocycles. The van der Waals surface area contributed by atoms with Crippen LogP contribution in [0.1, 0.15) is 16.3 Å². The van der Waals surface area contributed by atoms with Gasteiger partial charge in [0.25, 0.3) is 0 Å². The van der Waals surface area contributed by atoms with E-state index in [4.69, 9.17) is 9.47 Å². The van der Waals surface area contributed by atoms with Gasteiger partial charge in [0.05, 0.1) is 12.6 Å². The number of carbonyl (C=O) groups excluding carboxylic acids is 1. The number of rotatable bonds is 4. The van der Waals surface area contributed by atoms with Gasteiger partial charge in [0, 0.05) is 21.1 Å². The van der Waals surface area contributed by atoms with Crippen molar-refractivity contribution in [3.8, 4) is 11.5 Å². The Morgan fingerprint density at radius 2 is 2.27 bits per heavy atom. The van der Waals surface area contributed by atoms with Gasteiger partial charge in [0.15, 0.2) is 11.5 Å². The second-order valence-electron chi connectivity index (χ2n) is 4.58. The molecule has 1 aliphatic heterocycles. The van der Waals surface area contributed by atoms with Crippen molar-refractivity contribution in [1.29, 1.82) is 0 Å². The van der Waals surface area contributed by atoms with Gasteiger partial charge in [-0.1, -0.05) is 0 Å². The zero-order chi connectivity index (χ0) is 15.5. The Kier molecular flexibility index (Phi) is 4.39. The molecule has 0 bridgehead atoms. The molecule has 8 heteroatoms. The second-order valence-corrected chi connectivity index (χ2v) is 6.38. The average Bonchev–Trinajstić information content (AvgIpc) is 3.07. The number of hydrogen-bond acceptors (Lipinski definition) is 6. The Morgan fingerprint density at radius 3 is 3.00 bits per heavy atom. The summed E-state index contributed by atoms with van der Waals surface area (Å²) in [7, 11) is 0. The summed E-state index contributed by atoms with van der Waals surface area (Å²) in [4.78, 5) is 16.0. The lowest BCUT2D eigenvalue weighted by Crippen LogP contribution is -2.19. The standard InChI is InChI=1S/C14H12BrN3O3S/c1-8-6-22-14(17-8)4-13(19)18-16-5-9-2-11-12(3-10(9)15)21-7-20-11/h2-3,5-6H,4,7H2,1H3,(H,18,19)/b16-5-. The van der Waals surface area contributed by atoms with Crippen LogP contribution in [0.4, 0.5) is 0 Å². The van der Waals surface area contributed by atoms with Crippen LogP contribution in [0.15, 0.2) is 27.1 Å². The lowest BCUT2D eigenvalue weighted by atomic mass is 10.2. The van der Waals surface area contributed by atoms with E-state index < -0.39 is 0 Å². The first-order valence-corrected chi connectivity index (χ1v) is 8.11. The van der Waals surface area contributed by atoms with Gasteiger partial charge in [-0.25, -0.2) is 10.4 Å². The van der Waals surface area contributed by atoms with E-state index in [1.54, 1.807) is 12.3 Å². The number of ether oxygens (including phenoxy) is 2. The molecule has 114 valence electrons. The minimum atomic E-state index is -0.206. The molecular formula is C14H12BrN3O3S. The Morgan fingerprint density at radius 1 is 1.50 bits per heavy atom. The zero-order valence-corrected chi connectivity index (χ0v) is 14.0. The van der Waals surface area contributed by atoms with Gasteiger partial charge in [-0.05, 0) is 35.0 Å². The lowest BCUT2D eigenvalue weighted by Gasteiger charge is -2.01. The number of hydrogen-bond donors (Lipinski definition) is 1. The van der Waals surface area contributed by atoms with Gasteiger partial charge < -0.3 is 9.47 Å². The number of benzene rings is 1. The summed E-state index contributed by atoms with van der Waals surface area (Å²) < 4.78 is 11.4. The van der Waals surface area contributed by atoms with Gasteiger partial charge in [-0.3, -0.25) is 4.79 Å². The number of aryl methyl sites for hydroxylation is 1. The van der Waals surface area contributed by atoms with E-state index >= 15 is 0 Å². The summed E-state index contributed by atoms with van der Waals surface area (Å²) in [6.07, 6.45) is 1.77. The third-order valence-corrected chi connectivity index (χ3v) is 4.52. The maximum Gasteiger partial charge on any atom is 0.246 e. The number of thiazole rings is 1. The molecule has 1 aromatic heterocycles.